The van der Waals surface area contributed by atoms with Crippen LogP contribution in [0.15, 0.2) is 185 Å². The van der Waals surface area contributed by atoms with E-state index in [9.17, 15) is 4.39 Å². The summed E-state index contributed by atoms with van der Waals surface area (Å²) in [5, 5.41) is 6.58. The lowest BCUT2D eigenvalue weighted by atomic mass is 10.0. The van der Waals surface area contributed by atoms with E-state index in [1.807, 2.05) is 48.5 Å². The van der Waals surface area contributed by atoms with Gasteiger partial charge in [0, 0.05) is 44.0 Å². The van der Waals surface area contributed by atoms with Crippen LogP contribution >= 0.6 is 0 Å². The topological polar surface area (TPSA) is 34.5 Å². The Hall–Kier alpha value is -7.11. The normalized spacial score (nSPS) is 11.9. The molecule has 0 aliphatic rings. The molecule has 0 radical (unpaired) electrons. The van der Waals surface area contributed by atoms with Crippen molar-refractivity contribution in [2.45, 2.75) is 0 Å². The SMILES string of the molecule is Fc1ccc(-n2c3ccccc3c3cc(-c4ccc(N(c5ccc6oc7ccccc7c6c5)c5cccc6oc7ccccc7c56)cc4)ccc32)cc1. The Morgan fingerprint density at radius 1 is 0.415 bits per heavy atom. The van der Waals surface area contributed by atoms with Gasteiger partial charge < -0.3 is 18.3 Å². The second kappa shape index (κ2) is 11.5. The quantitative estimate of drug-likeness (QED) is 0.181. The third-order valence-corrected chi connectivity index (χ3v) is 10.5. The molecule has 0 spiro atoms. The van der Waals surface area contributed by atoms with Crippen LogP contribution in [-0.4, -0.2) is 4.57 Å². The van der Waals surface area contributed by atoms with Crippen molar-refractivity contribution in [3.8, 4) is 16.8 Å². The summed E-state index contributed by atoms with van der Waals surface area (Å²) >= 11 is 0. The molecular formula is C48H29FN2O2. The molecule has 0 unspecified atom stereocenters. The molecule has 0 saturated heterocycles. The molecule has 0 amide bonds. The summed E-state index contributed by atoms with van der Waals surface area (Å²) in [6.07, 6.45) is 0. The van der Waals surface area contributed by atoms with E-state index in [1.54, 1.807) is 0 Å². The zero-order valence-corrected chi connectivity index (χ0v) is 28.3. The van der Waals surface area contributed by atoms with Crippen LogP contribution < -0.4 is 4.90 Å². The van der Waals surface area contributed by atoms with Crippen molar-refractivity contribution >= 4 is 82.7 Å². The highest BCUT2D eigenvalue weighted by Gasteiger charge is 2.21. The number of hydrogen-bond donors (Lipinski definition) is 0. The summed E-state index contributed by atoms with van der Waals surface area (Å²) in [5.41, 5.74) is 11.8. The number of nitrogens with zero attached hydrogens (tertiary/aromatic N) is 2. The van der Waals surface area contributed by atoms with E-state index < -0.39 is 0 Å². The first-order valence-corrected chi connectivity index (χ1v) is 17.7. The van der Waals surface area contributed by atoms with Crippen LogP contribution in [0.25, 0.3) is 82.5 Å². The molecule has 0 N–H and O–H groups in total. The molecule has 0 fully saturated rings. The number of aromatic nitrogens is 1. The van der Waals surface area contributed by atoms with Gasteiger partial charge >= 0.3 is 0 Å². The van der Waals surface area contributed by atoms with Crippen molar-refractivity contribution in [1.29, 1.82) is 0 Å². The molecule has 0 atom stereocenters. The van der Waals surface area contributed by atoms with Crippen molar-refractivity contribution in [3.63, 3.8) is 0 Å². The first kappa shape index (κ1) is 29.6. The van der Waals surface area contributed by atoms with E-state index in [-0.39, 0.29) is 5.82 Å². The van der Waals surface area contributed by atoms with E-state index in [0.717, 1.165) is 99.6 Å². The van der Waals surface area contributed by atoms with E-state index >= 15 is 0 Å². The van der Waals surface area contributed by atoms with E-state index in [4.69, 9.17) is 8.83 Å². The Morgan fingerprint density at radius 3 is 1.87 bits per heavy atom. The van der Waals surface area contributed by atoms with Gasteiger partial charge in [-0.25, -0.2) is 4.39 Å². The summed E-state index contributed by atoms with van der Waals surface area (Å²) in [6.45, 7) is 0. The Bertz CT molecular complexity index is 3190. The summed E-state index contributed by atoms with van der Waals surface area (Å²) in [4.78, 5) is 2.31. The van der Waals surface area contributed by atoms with Crippen LogP contribution in [0.5, 0.6) is 0 Å². The Kier molecular flexibility index (Phi) is 6.40. The number of anilines is 3. The fourth-order valence-corrected chi connectivity index (χ4v) is 8.05. The predicted molar refractivity (Wildman–Crippen MR) is 215 cm³/mol. The molecule has 11 rings (SSSR count). The smallest absolute Gasteiger partial charge is 0.137 e. The lowest BCUT2D eigenvalue weighted by Gasteiger charge is -2.26. The molecule has 53 heavy (non-hydrogen) atoms. The molecular weight excluding hydrogens is 656 g/mol. The van der Waals surface area contributed by atoms with E-state index in [0.29, 0.717) is 0 Å². The van der Waals surface area contributed by atoms with Crippen molar-refractivity contribution in [1.82, 2.24) is 4.57 Å². The third-order valence-electron chi connectivity index (χ3n) is 10.5. The van der Waals surface area contributed by atoms with Gasteiger partial charge in [-0.05, 0) is 108 Å². The standard InChI is InChI=1S/C48H29FN2O2/c49-32-19-23-34(24-20-32)51-41-11-4-1-8-36(41)39-28-31(18-26-42(39)51)30-16-21-33(22-17-30)50(35-25-27-46-40(29-35)37-9-2-5-13-44(37)52-46)43-12-7-15-47-48(43)38-10-3-6-14-45(38)53-47/h1-29H. The van der Waals surface area contributed by atoms with E-state index in [1.165, 1.54) is 12.1 Å². The van der Waals surface area contributed by atoms with Gasteiger partial charge in [0.05, 0.1) is 22.1 Å². The predicted octanol–water partition coefficient (Wildman–Crippen LogP) is 13.9. The van der Waals surface area contributed by atoms with Crippen LogP contribution in [0.2, 0.25) is 0 Å². The van der Waals surface area contributed by atoms with Crippen LogP contribution in [-0.2, 0) is 0 Å². The van der Waals surface area contributed by atoms with Gasteiger partial charge in [-0.1, -0.05) is 78.9 Å². The molecule has 0 aliphatic carbocycles. The van der Waals surface area contributed by atoms with Gasteiger partial charge in [0.2, 0.25) is 0 Å². The van der Waals surface area contributed by atoms with Crippen molar-refractivity contribution < 1.29 is 13.2 Å². The maximum absolute atomic E-state index is 13.9. The second-order valence-electron chi connectivity index (χ2n) is 13.5. The number of halogens is 1. The lowest BCUT2D eigenvalue weighted by molar-refractivity contribution is 0.627. The minimum Gasteiger partial charge on any atom is -0.456 e. The van der Waals surface area contributed by atoms with Gasteiger partial charge in [-0.15, -0.1) is 0 Å². The first-order valence-electron chi connectivity index (χ1n) is 17.7. The number of hydrogen-bond acceptors (Lipinski definition) is 3. The summed E-state index contributed by atoms with van der Waals surface area (Å²) in [7, 11) is 0. The molecule has 3 aromatic heterocycles. The van der Waals surface area contributed by atoms with Gasteiger partial charge in [-0.3, -0.25) is 0 Å². The van der Waals surface area contributed by atoms with Gasteiger partial charge in [0.15, 0.2) is 0 Å². The molecule has 0 bridgehead atoms. The molecule has 0 aliphatic heterocycles. The number of rotatable bonds is 5. The Balaban J connectivity index is 1.07. The number of benzene rings is 8. The van der Waals surface area contributed by atoms with Crippen LogP contribution in [0.1, 0.15) is 0 Å². The van der Waals surface area contributed by atoms with Crippen molar-refractivity contribution in [2.75, 3.05) is 4.90 Å². The molecule has 0 saturated carbocycles. The minimum atomic E-state index is -0.246. The van der Waals surface area contributed by atoms with Crippen molar-refractivity contribution in [2.24, 2.45) is 0 Å². The molecule has 250 valence electrons. The van der Waals surface area contributed by atoms with Gasteiger partial charge in [0.25, 0.3) is 0 Å². The van der Waals surface area contributed by atoms with Crippen LogP contribution in [0, 0.1) is 5.82 Å². The highest BCUT2D eigenvalue weighted by atomic mass is 19.1. The second-order valence-corrected chi connectivity index (χ2v) is 13.5. The van der Waals surface area contributed by atoms with Gasteiger partial charge in [0.1, 0.15) is 28.1 Å². The highest BCUT2D eigenvalue weighted by Crippen LogP contribution is 2.45. The highest BCUT2D eigenvalue weighted by molar-refractivity contribution is 6.14. The summed E-state index contributed by atoms with van der Waals surface area (Å²) < 4.78 is 28.6. The zero-order valence-electron chi connectivity index (χ0n) is 28.3. The van der Waals surface area contributed by atoms with Gasteiger partial charge in [-0.2, -0.15) is 0 Å². The zero-order chi connectivity index (χ0) is 35.0. The molecule has 4 nitrogen and oxygen atoms in total. The number of para-hydroxylation sites is 3. The monoisotopic (exact) mass is 684 g/mol. The largest absolute Gasteiger partial charge is 0.456 e. The average Bonchev–Trinajstić information content (AvgIpc) is 3.88. The first-order chi connectivity index (χ1) is 26.2. The minimum absolute atomic E-state index is 0.246. The Labute approximate surface area is 303 Å². The summed E-state index contributed by atoms with van der Waals surface area (Å²) in [6, 6.07) is 59.6. The molecule has 11 aromatic rings. The Morgan fingerprint density at radius 2 is 1.04 bits per heavy atom. The fourth-order valence-electron chi connectivity index (χ4n) is 8.05. The molecule has 5 heteroatoms. The maximum Gasteiger partial charge on any atom is 0.137 e. The molecule has 3 heterocycles. The summed E-state index contributed by atoms with van der Waals surface area (Å²) in [5.74, 6) is -0.246. The molecule has 8 aromatic carbocycles. The van der Waals surface area contributed by atoms with Crippen LogP contribution in [0.3, 0.4) is 0 Å². The fraction of sp³-hybridized carbons (Fsp3) is 0. The van der Waals surface area contributed by atoms with E-state index in [2.05, 4.69) is 125 Å². The average molecular weight is 685 g/mol. The number of furan rings is 2. The maximum atomic E-state index is 13.9. The van der Waals surface area contributed by atoms with Crippen LogP contribution in [0.4, 0.5) is 21.5 Å². The third kappa shape index (κ3) is 4.61. The number of fused-ring (bicyclic) bond motifs is 9. The lowest BCUT2D eigenvalue weighted by Crippen LogP contribution is -2.10. The van der Waals surface area contributed by atoms with Crippen molar-refractivity contribution in [3.05, 3.63) is 182 Å².